The Hall–Kier alpha value is -1.79. The molecule has 2 aromatic heterocycles. The largest absolute Gasteiger partial charge is 0.479 e. The van der Waals surface area contributed by atoms with Gasteiger partial charge in [-0.25, -0.2) is 4.98 Å². The molecule has 0 aromatic carbocycles. The molecule has 11 heteroatoms. The topological polar surface area (TPSA) is 127 Å². The van der Waals surface area contributed by atoms with E-state index in [1.807, 2.05) is 33.9 Å². The predicted octanol–water partition coefficient (Wildman–Crippen LogP) is 0.859. The van der Waals surface area contributed by atoms with Crippen molar-refractivity contribution in [3.05, 3.63) is 6.33 Å². The minimum atomic E-state index is -1.47. The molecule has 2 aromatic rings. The van der Waals surface area contributed by atoms with Crippen LogP contribution in [0.2, 0.25) is 13.1 Å². The normalized spacial score (nSPS) is 25.7. The lowest BCUT2D eigenvalue weighted by Crippen LogP contribution is -2.39. The molecule has 0 saturated carbocycles. The summed E-state index contributed by atoms with van der Waals surface area (Å²) in [7, 11) is 0.0217. The van der Waals surface area contributed by atoms with Crippen molar-refractivity contribution in [3.8, 4) is 5.88 Å². The molecule has 0 unspecified atom stereocenters. The maximum Gasteiger partial charge on any atom is 0.246 e. The third-order valence-corrected chi connectivity index (χ3v) is 5.16. The van der Waals surface area contributed by atoms with Gasteiger partial charge in [-0.15, -0.1) is 0 Å². The molecule has 0 spiro atoms. The van der Waals surface area contributed by atoms with Gasteiger partial charge in [0, 0.05) is 0 Å². The van der Waals surface area contributed by atoms with E-state index in [2.05, 4.69) is 15.0 Å². The Morgan fingerprint density at radius 2 is 2.04 bits per heavy atom. The number of nitrogens with zero attached hydrogens (tertiary/aromatic N) is 4. The molecule has 4 atom stereocenters. The number of hydrogen-bond acceptors (Lipinski definition) is 9. The standard InChI is InChI=1S/C17H29N5O5Si/c1-17(2,3)25-7-9-11(23)12(27-28(5)6)15(26-9)22-8-19-10-13(22)20-16(18)21-14(10)24-4/h8-9,11-12,15,23,28H,7H2,1-6H3,(H2,18,20,21)/t9-,11-,12+,15-/m1/s1. The number of aromatic nitrogens is 4. The van der Waals surface area contributed by atoms with Crippen LogP contribution in [0.15, 0.2) is 6.33 Å². The van der Waals surface area contributed by atoms with Gasteiger partial charge in [0.15, 0.2) is 26.4 Å². The van der Waals surface area contributed by atoms with Crippen molar-refractivity contribution in [2.45, 2.75) is 64.0 Å². The van der Waals surface area contributed by atoms with E-state index >= 15 is 0 Å². The third kappa shape index (κ3) is 4.28. The van der Waals surface area contributed by atoms with Crippen molar-refractivity contribution in [1.82, 2.24) is 19.5 Å². The van der Waals surface area contributed by atoms with Gasteiger partial charge in [0.1, 0.15) is 18.3 Å². The van der Waals surface area contributed by atoms with Gasteiger partial charge in [0.2, 0.25) is 11.8 Å². The fraction of sp³-hybridized carbons (Fsp3) is 0.706. The predicted molar refractivity (Wildman–Crippen MR) is 106 cm³/mol. The minimum Gasteiger partial charge on any atom is -0.479 e. The highest BCUT2D eigenvalue weighted by molar-refractivity contribution is 6.48. The third-order valence-electron chi connectivity index (χ3n) is 4.30. The molecule has 0 radical (unpaired) electrons. The smallest absolute Gasteiger partial charge is 0.246 e. The lowest BCUT2D eigenvalue weighted by molar-refractivity contribution is -0.0989. The number of rotatable bonds is 6. The monoisotopic (exact) mass is 411 g/mol. The summed E-state index contributed by atoms with van der Waals surface area (Å²) in [6.45, 7) is 10.2. The summed E-state index contributed by atoms with van der Waals surface area (Å²) in [4.78, 5) is 12.7. The van der Waals surface area contributed by atoms with Crippen LogP contribution in [0.5, 0.6) is 5.88 Å². The van der Waals surface area contributed by atoms with Crippen LogP contribution in [0.1, 0.15) is 27.0 Å². The molecule has 0 amide bonds. The van der Waals surface area contributed by atoms with Crippen molar-refractivity contribution in [2.75, 3.05) is 19.5 Å². The first kappa shape index (κ1) is 20.9. The summed E-state index contributed by atoms with van der Waals surface area (Å²) in [5.41, 5.74) is 6.39. The number of anilines is 1. The lowest BCUT2D eigenvalue weighted by atomic mass is 10.1. The molecular formula is C17H29N5O5Si. The Bertz CT molecular complexity index is 824. The molecule has 3 rings (SSSR count). The molecule has 1 saturated heterocycles. The van der Waals surface area contributed by atoms with E-state index in [1.54, 1.807) is 10.9 Å². The Kier molecular flexibility index (Phi) is 5.91. The maximum atomic E-state index is 10.9. The number of hydrogen-bond donors (Lipinski definition) is 2. The molecular weight excluding hydrogens is 382 g/mol. The number of methoxy groups -OCH3 is 1. The van der Waals surface area contributed by atoms with Crippen molar-refractivity contribution < 1.29 is 23.7 Å². The number of fused-ring (bicyclic) bond motifs is 1. The maximum absolute atomic E-state index is 10.9. The van der Waals surface area contributed by atoms with Gasteiger partial charge in [-0.2, -0.15) is 9.97 Å². The molecule has 1 aliphatic heterocycles. The number of aliphatic hydroxyl groups is 1. The minimum absolute atomic E-state index is 0.0629. The molecule has 28 heavy (non-hydrogen) atoms. The summed E-state index contributed by atoms with van der Waals surface area (Å²) in [6.07, 6.45) is -1.01. The zero-order valence-electron chi connectivity index (χ0n) is 17.1. The molecule has 1 fully saturated rings. The molecule has 0 bridgehead atoms. The van der Waals surface area contributed by atoms with Gasteiger partial charge in [-0.1, -0.05) is 0 Å². The number of nitrogen functional groups attached to an aromatic ring is 1. The van der Waals surface area contributed by atoms with Gasteiger partial charge in [0.05, 0.1) is 25.6 Å². The van der Waals surface area contributed by atoms with E-state index < -0.39 is 33.6 Å². The second-order valence-corrected chi connectivity index (χ2v) is 10.4. The Morgan fingerprint density at radius 1 is 1.32 bits per heavy atom. The van der Waals surface area contributed by atoms with Crippen LogP contribution in [-0.2, 0) is 13.9 Å². The van der Waals surface area contributed by atoms with Gasteiger partial charge in [-0.3, -0.25) is 4.57 Å². The fourth-order valence-corrected chi connectivity index (χ4v) is 4.03. The van der Waals surface area contributed by atoms with E-state index in [0.717, 1.165) is 0 Å². The van der Waals surface area contributed by atoms with Crippen LogP contribution in [0.4, 0.5) is 5.95 Å². The number of imidazole rings is 1. The van der Waals surface area contributed by atoms with Gasteiger partial charge < -0.3 is 29.5 Å². The van der Waals surface area contributed by atoms with Gasteiger partial charge in [-0.05, 0) is 33.9 Å². The lowest BCUT2D eigenvalue weighted by Gasteiger charge is -2.24. The van der Waals surface area contributed by atoms with Crippen LogP contribution in [0.3, 0.4) is 0 Å². The quantitative estimate of drug-likeness (QED) is 0.665. The molecule has 10 nitrogen and oxygen atoms in total. The highest BCUT2D eigenvalue weighted by atomic mass is 28.3. The van der Waals surface area contributed by atoms with E-state index in [1.165, 1.54) is 7.11 Å². The first-order chi connectivity index (χ1) is 13.1. The first-order valence-corrected chi connectivity index (χ1v) is 12.1. The van der Waals surface area contributed by atoms with Crippen LogP contribution < -0.4 is 10.5 Å². The van der Waals surface area contributed by atoms with Gasteiger partial charge >= 0.3 is 0 Å². The number of ether oxygens (including phenoxy) is 3. The number of nitrogens with two attached hydrogens (primary N) is 1. The first-order valence-electron chi connectivity index (χ1n) is 9.27. The van der Waals surface area contributed by atoms with E-state index in [4.69, 9.17) is 24.4 Å². The Morgan fingerprint density at radius 3 is 2.64 bits per heavy atom. The summed E-state index contributed by atoms with van der Waals surface area (Å²) in [5.74, 6) is 0.344. The zero-order valence-corrected chi connectivity index (χ0v) is 18.3. The molecule has 0 aliphatic carbocycles. The summed E-state index contributed by atoms with van der Waals surface area (Å²) < 4.78 is 25.0. The van der Waals surface area contributed by atoms with Crippen molar-refractivity contribution in [2.24, 2.45) is 0 Å². The van der Waals surface area contributed by atoms with Crippen molar-refractivity contribution in [3.63, 3.8) is 0 Å². The SMILES string of the molecule is COc1nc(N)nc2c1ncn2[C@@H]1O[C@H](COC(C)(C)C)[C@@H](O)[C@@H]1O[SiH](C)C. The average molecular weight is 412 g/mol. The summed E-state index contributed by atoms with van der Waals surface area (Å²) in [6, 6.07) is 0. The molecule has 156 valence electrons. The molecule has 3 heterocycles. The Labute approximate surface area is 165 Å². The number of aliphatic hydroxyl groups excluding tert-OH is 1. The van der Waals surface area contributed by atoms with Crippen LogP contribution in [0, 0.1) is 0 Å². The zero-order chi connectivity index (χ0) is 20.6. The fourth-order valence-electron chi connectivity index (χ4n) is 3.11. The highest BCUT2D eigenvalue weighted by Crippen LogP contribution is 2.35. The van der Waals surface area contributed by atoms with Crippen LogP contribution in [-0.4, -0.2) is 71.3 Å². The van der Waals surface area contributed by atoms with Crippen LogP contribution >= 0.6 is 0 Å². The molecule has 1 aliphatic rings. The average Bonchev–Trinajstić information content (AvgIpc) is 3.13. The second kappa shape index (κ2) is 7.91. The summed E-state index contributed by atoms with van der Waals surface area (Å²) in [5, 5.41) is 10.9. The summed E-state index contributed by atoms with van der Waals surface area (Å²) >= 11 is 0. The second-order valence-electron chi connectivity index (χ2n) is 8.04. The van der Waals surface area contributed by atoms with Gasteiger partial charge in [0.25, 0.3) is 0 Å². The molecule has 3 N–H and O–H groups in total. The highest BCUT2D eigenvalue weighted by Gasteiger charge is 2.46. The van der Waals surface area contributed by atoms with E-state index in [-0.39, 0.29) is 24.0 Å². The van der Waals surface area contributed by atoms with Crippen LogP contribution in [0.25, 0.3) is 11.2 Å². The van der Waals surface area contributed by atoms with E-state index in [0.29, 0.717) is 11.2 Å². The van der Waals surface area contributed by atoms with Crippen molar-refractivity contribution in [1.29, 1.82) is 0 Å². The van der Waals surface area contributed by atoms with E-state index in [9.17, 15) is 5.11 Å². The van der Waals surface area contributed by atoms with Crippen molar-refractivity contribution >= 4 is 26.2 Å². The Balaban J connectivity index is 1.96.